The van der Waals surface area contributed by atoms with Gasteiger partial charge in [0, 0.05) is 22.6 Å². The van der Waals surface area contributed by atoms with Gasteiger partial charge in [0.25, 0.3) is 0 Å². The maximum atomic E-state index is 13.5. The zero-order chi connectivity index (χ0) is 13.7. The summed E-state index contributed by atoms with van der Waals surface area (Å²) in [6.07, 6.45) is 7.45. The highest BCUT2D eigenvalue weighted by atomic mass is 32.2. The van der Waals surface area contributed by atoms with Crippen LogP contribution in [0.15, 0.2) is 24.3 Å². The van der Waals surface area contributed by atoms with Gasteiger partial charge in [-0.25, -0.2) is 9.18 Å². The summed E-state index contributed by atoms with van der Waals surface area (Å²) < 4.78 is 13.5. The Hall–Kier alpha value is -1.29. The van der Waals surface area contributed by atoms with Crippen LogP contribution < -0.4 is 0 Å². The molecule has 102 valence electrons. The van der Waals surface area contributed by atoms with Crippen molar-refractivity contribution in [2.45, 2.75) is 36.7 Å². The summed E-state index contributed by atoms with van der Waals surface area (Å²) in [6, 6.07) is 4.91. The minimum atomic E-state index is -1.06. The molecular weight excluding hydrogens is 263 g/mol. The lowest BCUT2D eigenvalue weighted by molar-refractivity contribution is -0.131. The molecule has 0 saturated heterocycles. The molecule has 19 heavy (non-hydrogen) atoms. The highest BCUT2D eigenvalue weighted by Gasteiger charge is 2.15. The maximum Gasteiger partial charge on any atom is 0.328 e. The standard InChI is InChI=1S/C15H17FO2S/c16-14-7-5-11(9-12(14)6-8-15(17)18)10-19-13-3-1-2-4-13/h5-9,13H,1-4,10H2,(H,17,18). The summed E-state index contributed by atoms with van der Waals surface area (Å²) in [4.78, 5) is 10.5. The molecule has 1 saturated carbocycles. The van der Waals surface area contributed by atoms with Crippen LogP contribution in [0.4, 0.5) is 4.39 Å². The van der Waals surface area contributed by atoms with E-state index in [1.807, 2.05) is 11.8 Å². The molecular formula is C15H17FO2S. The van der Waals surface area contributed by atoms with E-state index >= 15 is 0 Å². The van der Waals surface area contributed by atoms with Gasteiger partial charge in [-0.1, -0.05) is 18.9 Å². The molecule has 1 fully saturated rings. The number of thioether (sulfide) groups is 1. The first-order valence-corrected chi connectivity index (χ1v) is 7.51. The van der Waals surface area contributed by atoms with Crippen molar-refractivity contribution >= 4 is 23.8 Å². The van der Waals surface area contributed by atoms with Gasteiger partial charge in [0.2, 0.25) is 0 Å². The van der Waals surface area contributed by atoms with Crippen molar-refractivity contribution in [3.8, 4) is 0 Å². The Bertz CT molecular complexity index is 479. The molecule has 1 aliphatic rings. The fraction of sp³-hybridized carbons (Fsp3) is 0.400. The van der Waals surface area contributed by atoms with Gasteiger partial charge >= 0.3 is 5.97 Å². The summed E-state index contributed by atoms with van der Waals surface area (Å²) in [5.74, 6) is -0.587. The number of hydrogen-bond acceptors (Lipinski definition) is 2. The molecule has 0 amide bonds. The molecule has 1 aliphatic carbocycles. The average molecular weight is 280 g/mol. The van der Waals surface area contributed by atoms with Crippen molar-refractivity contribution in [3.63, 3.8) is 0 Å². The van der Waals surface area contributed by atoms with E-state index < -0.39 is 5.97 Å². The van der Waals surface area contributed by atoms with Gasteiger partial charge in [-0.3, -0.25) is 0 Å². The van der Waals surface area contributed by atoms with Crippen LogP contribution in [-0.4, -0.2) is 16.3 Å². The van der Waals surface area contributed by atoms with E-state index in [-0.39, 0.29) is 5.82 Å². The van der Waals surface area contributed by atoms with Gasteiger partial charge in [-0.15, -0.1) is 0 Å². The smallest absolute Gasteiger partial charge is 0.328 e. The lowest BCUT2D eigenvalue weighted by atomic mass is 10.1. The van der Waals surface area contributed by atoms with E-state index in [4.69, 9.17) is 5.11 Å². The molecule has 1 N–H and O–H groups in total. The molecule has 1 aromatic carbocycles. The van der Waals surface area contributed by atoms with Crippen LogP contribution in [0, 0.1) is 5.82 Å². The topological polar surface area (TPSA) is 37.3 Å². The summed E-state index contributed by atoms with van der Waals surface area (Å²) in [6.45, 7) is 0. The molecule has 0 bridgehead atoms. The normalized spacial score (nSPS) is 16.3. The lowest BCUT2D eigenvalue weighted by Gasteiger charge is -2.09. The molecule has 2 rings (SSSR count). The second-order valence-corrected chi connectivity index (χ2v) is 6.03. The molecule has 0 radical (unpaired) electrons. The van der Waals surface area contributed by atoms with E-state index in [2.05, 4.69) is 0 Å². The Kier molecular flexibility index (Phi) is 5.02. The van der Waals surface area contributed by atoms with Crippen LogP contribution in [-0.2, 0) is 10.5 Å². The predicted molar refractivity (Wildman–Crippen MR) is 76.6 cm³/mol. The molecule has 0 spiro atoms. The number of aliphatic carboxylic acids is 1. The van der Waals surface area contributed by atoms with Crippen molar-refractivity contribution in [2.24, 2.45) is 0 Å². The zero-order valence-electron chi connectivity index (χ0n) is 10.6. The first-order chi connectivity index (χ1) is 9.15. The largest absolute Gasteiger partial charge is 0.478 e. The fourth-order valence-electron chi connectivity index (χ4n) is 2.24. The average Bonchev–Trinajstić information content (AvgIpc) is 2.89. The monoisotopic (exact) mass is 280 g/mol. The van der Waals surface area contributed by atoms with Crippen LogP contribution in [0.2, 0.25) is 0 Å². The second-order valence-electron chi connectivity index (χ2n) is 4.74. The predicted octanol–water partition coefficient (Wildman–Crippen LogP) is 4.10. The molecule has 4 heteroatoms. The Morgan fingerprint density at radius 2 is 2.16 bits per heavy atom. The number of carbonyl (C=O) groups is 1. The lowest BCUT2D eigenvalue weighted by Crippen LogP contribution is -1.95. The van der Waals surface area contributed by atoms with Gasteiger partial charge < -0.3 is 5.11 Å². The molecule has 1 aromatic rings. The third kappa shape index (κ3) is 4.39. The van der Waals surface area contributed by atoms with Crippen LogP contribution in [0.5, 0.6) is 0 Å². The van der Waals surface area contributed by atoms with Gasteiger partial charge in [0.1, 0.15) is 5.82 Å². The fourth-order valence-corrected chi connectivity index (χ4v) is 3.52. The van der Waals surface area contributed by atoms with Crippen molar-refractivity contribution in [3.05, 3.63) is 41.2 Å². The molecule has 0 atom stereocenters. The van der Waals surface area contributed by atoms with E-state index in [1.165, 1.54) is 37.8 Å². The second kappa shape index (κ2) is 6.75. The van der Waals surface area contributed by atoms with Crippen molar-refractivity contribution in [2.75, 3.05) is 0 Å². The van der Waals surface area contributed by atoms with Crippen molar-refractivity contribution in [1.29, 1.82) is 0 Å². The molecule has 0 aliphatic heterocycles. The first kappa shape index (κ1) is 14.1. The molecule has 2 nitrogen and oxygen atoms in total. The van der Waals surface area contributed by atoms with Gasteiger partial charge in [0.05, 0.1) is 0 Å². The number of rotatable bonds is 5. The van der Waals surface area contributed by atoms with Crippen LogP contribution in [0.1, 0.15) is 36.8 Å². The minimum Gasteiger partial charge on any atom is -0.478 e. The first-order valence-electron chi connectivity index (χ1n) is 6.46. The number of carboxylic acids is 1. The van der Waals surface area contributed by atoms with Gasteiger partial charge in [-0.05, 0) is 36.6 Å². The summed E-state index contributed by atoms with van der Waals surface area (Å²) >= 11 is 1.91. The highest BCUT2D eigenvalue weighted by molar-refractivity contribution is 7.99. The molecule has 0 aromatic heterocycles. The van der Waals surface area contributed by atoms with Gasteiger partial charge in [0.15, 0.2) is 0 Å². The zero-order valence-corrected chi connectivity index (χ0v) is 11.5. The Morgan fingerprint density at radius 1 is 1.42 bits per heavy atom. The van der Waals surface area contributed by atoms with Crippen LogP contribution in [0.25, 0.3) is 6.08 Å². The Morgan fingerprint density at radius 3 is 2.84 bits per heavy atom. The summed E-state index contributed by atoms with van der Waals surface area (Å²) in [5, 5.41) is 9.29. The van der Waals surface area contributed by atoms with Gasteiger partial charge in [-0.2, -0.15) is 11.8 Å². The third-order valence-corrected chi connectivity index (χ3v) is 4.70. The maximum absolute atomic E-state index is 13.5. The number of carboxylic acid groups (broad SMARTS) is 1. The van der Waals surface area contributed by atoms with Crippen LogP contribution >= 0.6 is 11.8 Å². The van der Waals surface area contributed by atoms with E-state index in [9.17, 15) is 9.18 Å². The quantitative estimate of drug-likeness (QED) is 0.825. The van der Waals surface area contributed by atoms with Crippen molar-refractivity contribution in [1.82, 2.24) is 0 Å². The highest BCUT2D eigenvalue weighted by Crippen LogP contribution is 2.31. The SMILES string of the molecule is O=C(O)C=Cc1cc(CSC2CCCC2)ccc1F. The molecule has 0 heterocycles. The minimum absolute atomic E-state index is 0.340. The number of hydrogen-bond donors (Lipinski definition) is 1. The Balaban J connectivity index is 2.00. The summed E-state index contributed by atoms with van der Waals surface area (Å²) in [7, 11) is 0. The third-order valence-electron chi connectivity index (χ3n) is 3.25. The molecule has 0 unspecified atom stereocenters. The number of halogens is 1. The van der Waals surface area contributed by atoms with E-state index in [1.54, 1.807) is 12.1 Å². The van der Waals surface area contributed by atoms with Crippen molar-refractivity contribution < 1.29 is 14.3 Å². The van der Waals surface area contributed by atoms with Crippen LogP contribution in [0.3, 0.4) is 0 Å². The van der Waals surface area contributed by atoms with E-state index in [0.717, 1.165) is 22.6 Å². The number of benzene rings is 1. The summed E-state index contributed by atoms with van der Waals surface area (Å²) in [5.41, 5.74) is 1.38. The Labute approximate surface area is 116 Å². The van der Waals surface area contributed by atoms with E-state index in [0.29, 0.717) is 5.56 Å².